The van der Waals surface area contributed by atoms with Crippen molar-refractivity contribution >= 4 is 32.8 Å². The van der Waals surface area contributed by atoms with Crippen LogP contribution in [0.25, 0.3) is 0 Å². The van der Waals surface area contributed by atoms with E-state index in [2.05, 4.69) is 15.6 Å². The molecule has 1 heterocycles. The number of hydrogen-bond donors (Lipinski definition) is 2. The summed E-state index contributed by atoms with van der Waals surface area (Å²) >= 11 is 0. The van der Waals surface area contributed by atoms with E-state index in [1.165, 1.54) is 0 Å². The normalized spacial score (nSPS) is 16.9. The summed E-state index contributed by atoms with van der Waals surface area (Å²) in [6, 6.07) is 0. The van der Waals surface area contributed by atoms with E-state index in [0.29, 0.717) is 6.54 Å². The van der Waals surface area contributed by atoms with Crippen molar-refractivity contribution < 1.29 is 8.42 Å². The monoisotopic (exact) mass is 341 g/mol. The van der Waals surface area contributed by atoms with Gasteiger partial charge in [-0.3, -0.25) is 4.99 Å². The van der Waals surface area contributed by atoms with E-state index in [1.54, 1.807) is 20.8 Å². The number of rotatable bonds is 3. The van der Waals surface area contributed by atoms with Crippen LogP contribution < -0.4 is 10.6 Å². The Morgan fingerprint density at radius 3 is 2.61 bits per heavy atom. The van der Waals surface area contributed by atoms with Gasteiger partial charge >= 0.3 is 0 Å². The zero-order chi connectivity index (χ0) is 12.9. The Morgan fingerprint density at radius 2 is 2.00 bits per heavy atom. The number of sulfone groups is 1. The maximum absolute atomic E-state index is 11.9. The second-order valence-electron chi connectivity index (χ2n) is 5.22. The van der Waals surface area contributed by atoms with Crippen molar-refractivity contribution in [3.05, 3.63) is 0 Å². The van der Waals surface area contributed by atoms with Crippen LogP contribution in [-0.2, 0) is 9.84 Å². The molecule has 1 rings (SSSR count). The minimum atomic E-state index is -3.05. The van der Waals surface area contributed by atoms with Crippen LogP contribution in [0.2, 0.25) is 0 Å². The first-order valence-electron chi connectivity index (χ1n) is 6.07. The fourth-order valence-electron chi connectivity index (χ4n) is 1.42. The lowest BCUT2D eigenvalue weighted by Crippen LogP contribution is -2.41. The van der Waals surface area contributed by atoms with Gasteiger partial charge in [0.05, 0.1) is 10.5 Å². The summed E-state index contributed by atoms with van der Waals surface area (Å²) < 4.78 is 23.0. The third kappa shape index (κ3) is 5.56. The molecule has 18 heavy (non-hydrogen) atoms. The molecule has 108 valence electrons. The molecule has 0 fully saturated rings. The highest BCUT2D eigenvalue weighted by Crippen LogP contribution is 2.15. The molecule has 0 aromatic carbocycles. The number of nitrogens with zero attached hydrogens (tertiary/aromatic N) is 1. The fraction of sp³-hybridized carbons (Fsp3) is 0.909. The Kier molecular flexibility index (Phi) is 7.21. The Morgan fingerprint density at radius 1 is 1.33 bits per heavy atom. The van der Waals surface area contributed by atoms with Crippen molar-refractivity contribution in [2.45, 2.75) is 38.4 Å². The second-order valence-corrected chi connectivity index (χ2v) is 8.08. The van der Waals surface area contributed by atoms with Gasteiger partial charge in [0.1, 0.15) is 0 Å². The van der Waals surface area contributed by atoms with E-state index >= 15 is 0 Å². The van der Waals surface area contributed by atoms with Gasteiger partial charge in [0.15, 0.2) is 15.8 Å². The zero-order valence-corrected chi connectivity index (χ0v) is 13.9. The zero-order valence-electron chi connectivity index (χ0n) is 11.3. The first-order valence-corrected chi connectivity index (χ1v) is 7.73. The number of hydrogen-bond acceptors (Lipinski definition) is 5. The third-order valence-corrected chi connectivity index (χ3v) is 5.35. The quantitative estimate of drug-likeness (QED) is 0.806. The van der Waals surface area contributed by atoms with Crippen molar-refractivity contribution in [3.8, 4) is 0 Å². The highest BCUT2D eigenvalue weighted by atomic mass is 79.9. The minimum Gasteiger partial charge on any atom is -0.356 e. The lowest BCUT2D eigenvalue weighted by Gasteiger charge is -2.19. The van der Waals surface area contributed by atoms with Crippen LogP contribution in [-0.4, -0.2) is 44.5 Å². The first kappa shape index (κ1) is 17.7. The molecule has 0 unspecified atom stereocenters. The van der Waals surface area contributed by atoms with Crippen LogP contribution in [0.4, 0.5) is 0 Å². The van der Waals surface area contributed by atoms with Crippen LogP contribution in [0.15, 0.2) is 4.99 Å². The topological polar surface area (TPSA) is 70.6 Å². The van der Waals surface area contributed by atoms with Gasteiger partial charge in [0.25, 0.3) is 0 Å². The molecule has 0 bridgehead atoms. The molecular formula is C11H24BrN3O2S. The molecular weight excluding hydrogens is 318 g/mol. The van der Waals surface area contributed by atoms with Gasteiger partial charge in [0, 0.05) is 19.6 Å². The van der Waals surface area contributed by atoms with Gasteiger partial charge in [-0.25, -0.2) is 8.42 Å². The van der Waals surface area contributed by atoms with Crippen molar-refractivity contribution in [2.24, 2.45) is 4.99 Å². The molecule has 7 heteroatoms. The summed E-state index contributed by atoms with van der Waals surface area (Å²) in [5.41, 5.74) is 0. The van der Waals surface area contributed by atoms with E-state index in [-0.39, 0.29) is 22.7 Å². The Hall–Kier alpha value is -0.300. The van der Waals surface area contributed by atoms with Crippen LogP contribution >= 0.6 is 17.0 Å². The molecule has 2 N–H and O–H groups in total. The molecule has 0 aromatic rings. The second kappa shape index (κ2) is 7.33. The Labute approximate surface area is 121 Å². The van der Waals surface area contributed by atoms with E-state index in [4.69, 9.17) is 0 Å². The van der Waals surface area contributed by atoms with Gasteiger partial charge in [-0.2, -0.15) is 0 Å². The summed E-state index contributed by atoms with van der Waals surface area (Å²) in [6.45, 7) is 7.29. The smallest absolute Gasteiger partial charge is 0.191 e. The average molecular weight is 342 g/mol. The van der Waals surface area contributed by atoms with E-state index < -0.39 is 14.6 Å². The van der Waals surface area contributed by atoms with Crippen molar-refractivity contribution in [2.75, 3.05) is 25.4 Å². The number of aliphatic imine (C=N–C) groups is 1. The molecule has 1 aliphatic heterocycles. The molecule has 0 radical (unpaired) electrons. The lowest BCUT2D eigenvalue weighted by molar-refractivity contribution is 0.559. The van der Waals surface area contributed by atoms with E-state index in [0.717, 1.165) is 31.9 Å². The Bertz CT molecular complexity index is 374. The van der Waals surface area contributed by atoms with E-state index in [9.17, 15) is 8.42 Å². The van der Waals surface area contributed by atoms with Gasteiger partial charge in [-0.05, 0) is 33.6 Å². The molecule has 0 amide bonds. The van der Waals surface area contributed by atoms with Crippen molar-refractivity contribution in [1.29, 1.82) is 0 Å². The SMILES string of the molecule is Br.CC(C)(C)S(=O)(=O)CCNC1=NCCCCN1. The maximum atomic E-state index is 11.9. The molecule has 1 aliphatic rings. The largest absolute Gasteiger partial charge is 0.356 e. The van der Waals surface area contributed by atoms with Gasteiger partial charge in [-0.1, -0.05) is 0 Å². The molecule has 0 saturated heterocycles. The average Bonchev–Trinajstić information content (AvgIpc) is 2.44. The van der Waals surface area contributed by atoms with Gasteiger partial charge in [-0.15, -0.1) is 17.0 Å². The fourth-order valence-corrected chi connectivity index (χ4v) is 2.40. The first-order chi connectivity index (χ1) is 7.83. The summed E-state index contributed by atoms with van der Waals surface area (Å²) in [4.78, 5) is 4.30. The maximum Gasteiger partial charge on any atom is 0.191 e. The van der Waals surface area contributed by atoms with Crippen LogP contribution in [0.1, 0.15) is 33.6 Å². The molecule has 0 spiro atoms. The van der Waals surface area contributed by atoms with Crippen molar-refractivity contribution in [1.82, 2.24) is 10.6 Å². The molecule has 5 nitrogen and oxygen atoms in total. The van der Waals surface area contributed by atoms with Gasteiger partial charge < -0.3 is 10.6 Å². The molecule has 0 atom stereocenters. The highest BCUT2D eigenvalue weighted by molar-refractivity contribution is 8.93. The van der Waals surface area contributed by atoms with Gasteiger partial charge in [0.2, 0.25) is 0 Å². The summed E-state index contributed by atoms with van der Waals surface area (Å²) in [6.07, 6.45) is 2.19. The highest BCUT2D eigenvalue weighted by Gasteiger charge is 2.28. The number of guanidine groups is 1. The predicted molar refractivity (Wildman–Crippen MR) is 81.4 cm³/mol. The molecule has 0 aromatic heterocycles. The summed E-state index contributed by atoms with van der Waals surface area (Å²) in [5.74, 6) is 0.864. The molecule has 0 saturated carbocycles. The van der Waals surface area contributed by atoms with Crippen LogP contribution in [0.5, 0.6) is 0 Å². The minimum absolute atomic E-state index is 0. The lowest BCUT2D eigenvalue weighted by atomic mass is 10.3. The standard InChI is InChI=1S/C11H23N3O2S.BrH/c1-11(2,3)17(15,16)9-8-14-10-12-6-4-5-7-13-10;/h4-9H2,1-3H3,(H2,12,13,14);1H. The summed E-state index contributed by atoms with van der Waals surface area (Å²) in [5, 5.41) is 6.20. The van der Waals surface area contributed by atoms with Crippen LogP contribution in [0, 0.1) is 0 Å². The third-order valence-electron chi connectivity index (χ3n) is 2.74. The van der Waals surface area contributed by atoms with Crippen LogP contribution in [0.3, 0.4) is 0 Å². The van der Waals surface area contributed by atoms with Crippen molar-refractivity contribution in [3.63, 3.8) is 0 Å². The Balaban J connectivity index is 0.00000289. The predicted octanol–water partition coefficient (Wildman–Crippen LogP) is 1.11. The number of nitrogens with one attached hydrogen (secondary N) is 2. The van der Waals surface area contributed by atoms with E-state index in [1.807, 2.05) is 0 Å². The molecule has 0 aliphatic carbocycles. The number of halogens is 1. The summed E-state index contributed by atoms with van der Waals surface area (Å²) in [7, 11) is -3.05.